The second-order valence-corrected chi connectivity index (χ2v) is 7.51. The first-order valence-electron chi connectivity index (χ1n) is 8.91. The monoisotopic (exact) mass is 408 g/mol. The van der Waals surface area contributed by atoms with E-state index in [1.165, 1.54) is 23.8 Å². The van der Waals surface area contributed by atoms with Gasteiger partial charge in [-0.1, -0.05) is 59.9 Å². The van der Waals surface area contributed by atoms with Crippen molar-refractivity contribution in [2.75, 3.05) is 7.11 Å². The summed E-state index contributed by atoms with van der Waals surface area (Å²) in [4.78, 5) is 30.7. The number of fused-ring (bicyclic) bond motifs is 1. The Morgan fingerprint density at radius 1 is 1.17 bits per heavy atom. The predicted octanol–water partition coefficient (Wildman–Crippen LogP) is 2.55. The van der Waals surface area contributed by atoms with Crippen LogP contribution in [0.25, 0.3) is 6.08 Å². The molecule has 0 amide bonds. The van der Waals surface area contributed by atoms with E-state index in [4.69, 9.17) is 4.74 Å². The molecule has 3 aromatic rings. The molecule has 2 aromatic carbocycles. The smallest absolute Gasteiger partial charge is 0.338 e. The van der Waals surface area contributed by atoms with Crippen molar-refractivity contribution >= 4 is 23.4 Å². The third-order valence-corrected chi connectivity index (χ3v) is 5.72. The standard InChI is InChI=1S/C22H17FN2O3S/c1-13-18(21(27)28-2)19(14-8-4-3-5-9-14)25-20(26)17(29-22(25)24-13)12-15-10-6-7-11-16(15)23/h3-12,19H,1-2H3/b17-12-/t19-/m1/s1. The Morgan fingerprint density at radius 3 is 2.55 bits per heavy atom. The number of allylic oxidation sites excluding steroid dienone is 1. The molecule has 1 aliphatic heterocycles. The molecule has 2 heterocycles. The maximum atomic E-state index is 14.1. The van der Waals surface area contributed by atoms with Crippen molar-refractivity contribution in [2.24, 2.45) is 4.99 Å². The van der Waals surface area contributed by atoms with Crippen LogP contribution in [0.3, 0.4) is 0 Å². The van der Waals surface area contributed by atoms with Gasteiger partial charge in [0.25, 0.3) is 5.56 Å². The number of hydrogen-bond acceptors (Lipinski definition) is 5. The van der Waals surface area contributed by atoms with Gasteiger partial charge in [0.1, 0.15) is 5.82 Å². The lowest BCUT2D eigenvalue weighted by Gasteiger charge is -2.24. The number of nitrogens with zero attached hydrogens (tertiary/aromatic N) is 2. The summed E-state index contributed by atoms with van der Waals surface area (Å²) in [7, 11) is 1.30. The number of methoxy groups -OCH3 is 1. The predicted molar refractivity (Wildman–Crippen MR) is 109 cm³/mol. The van der Waals surface area contributed by atoms with Gasteiger partial charge in [0.05, 0.1) is 29.0 Å². The number of benzene rings is 2. The van der Waals surface area contributed by atoms with Crippen LogP contribution in [0, 0.1) is 5.82 Å². The van der Waals surface area contributed by atoms with Crippen LogP contribution in [-0.2, 0) is 9.53 Å². The summed E-state index contributed by atoms with van der Waals surface area (Å²) in [5.41, 5.74) is 1.55. The Labute approximate surface area is 169 Å². The topological polar surface area (TPSA) is 60.7 Å². The maximum absolute atomic E-state index is 14.1. The van der Waals surface area contributed by atoms with E-state index in [1.807, 2.05) is 30.3 Å². The van der Waals surface area contributed by atoms with E-state index < -0.39 is 17.8 Å². The average molecular weight is 408 g/mol. The van der Waals surface area contributed by atoms with E-state index in [1.54, 1.807) is 25.1 Å². The maximum Gasteiger partial charge on any atom is 0.338 e. The van der Waals surface area contributed by atoms with Crippen molar-refractivity contribution in [1.82, 2.24) is 4.57 Å². The van der Waals surface area contributed by atoms with Crippen LogP contribution in [0.1, 0.15) is 24.1 Å². The average Bonchev–Trinajstić information content (AvgIpc) is 3.03. The Balaban J connectivity index is 2.00. The van der Waals surface area contributed by atoms with Crippen LogP contribution in [0.4, 0.5) is 4.39 Å². The van der Waals surface area contributed by atoms with Crippen LogP contribution in [0.5, 0.6) is 0 Å². The fourth-order valence-corrected chi connectivity index (χ4v) is 4.41. The Hall–Kier alpha value is -3.32. The van der Waals surface area contributed by atoms with Gasteiger partial charge in [-0.05, 0) is 24.6 Å². The molecule has 0 bridgehead atoms. The molecule has 0 radical (unpaired) electrons. The Kier molecular flexibility index (Phi) is 4.98. The molecule has 1 atom stereocenters. The fourth-order valence-electron chi connectivity index (χ4n) is 3.38. The zero-order valence-corrected chi connectivity index (χ0v) is 16.6. The summed E-state index contributed by atoms with van der Waals surface area (Å²) in [6.45, 7) is 1.72. The van der Waals surface area contributed by atoms with E-state index in [-0.39, 0.29) is 5.56 Å². The van der Waals surface area contributed by atoms with Crippen molar-refractivity contribution in [3.63, 3.8) is 0 Å². The molecule has 0 saturated carbocycles. The normalized spacial score (nSPS) is 16.4. The van der Waals surface area contributed by atoms with Gasteiger partial charge in [0.2, 0.25) is 0 Å². The molecule has 1 aromatic heterocycles. The van der Waals surface area contributed by atoms with Crippen molar-refractivity contribution in [3.8, 4) is 0 Å². The summed E-state index contributed by atoms with van der Waals surface area (Å²) < 4.78 is 20.9. The molecule has 5 nitrogen and oxygen atoms in total. The van der Waals surface area contributed by atoms with E-state index in [0.717, 1.165) is 16.9 Å². The highest BCUT2D eigenvalue weighted by Crippen LogP contribution is 2.30. The summed E-state index contributed by atoms with van der Waals surface area (Å²) in [6.07, 6.45) is 1.51. The third-order valence-electron chi connectivity index (χ3n) is 4.73. The number of carbonyl (C=O) groups is 1. The molecule has 0 saturated heterocycles. The van der Waals surface area contributed by atoms with Crippen molar-refractivity contribution in [2.45, 2.75) is 13.0 Å². The minimum Gasteiger partial charge on any atom is -0.466 e. The van der Waals surface area contributed by atoms with Crippen LogP contribution >= 0.6 is 11.3 Å². The first-order chi connectivity index (χ1) is 14.0. The van der Waals surface area contributed by atoms with Gasteiger partial charge < -0.3 is 4.74 Å². The lowest BCUT2D eigenvalue weighted by Crippen LogP contribution is -2.39. The van der Waals surface area contributed by atoms with Crippen molar-refractivity contribution in [3.05, 3.63) is 102 Å². The molecule has 0 fully saturated rings. The van der Waals surface area contributed by atoms with Crippen LogP contribution in [0.15, 0.2) is 75.7 Å². The second-order valence-electron chi connectivity index (χ2n) is 6.51. The number of ether oxygens (including phenoxy) is 1. The highest BCUT2D eigenvalue weighted by atomic mass is 32.1. The number of aromatic nitrogens is 1. The van der Waals surface area contributed by atoms with Gasteiger partial charge in [-0.15, -0.1) is 0 Å². The lowest BCUT2D eigenvalue weighted by molar-refractivity contribution is -0.136. The largest absolute Gasteiger partial charge is 0.466 e. The molecule has 0 aliphatic carbocycles. The molecule has 4 rings (SSSR count). The minimum absolute atomic E-state index is 0.309. The third kappa shape index (κ3) is 3.34. The van der Waals surface area contributed by atoms with Crippen molar-refractivity contribution in [1.29, 1.82) is 0 Å². The number of halogens is 1. The number of rotatable bonds is 3. The molecule has 7 heteroatoms. The number of thiazole rings is 1. The van der Waals surface area contributed by atoms with E-state index in [0.29, 0.717) is 26.2 Å². The molecular formula is C22H17FN2O3S. The molecule has 29 heavy (non-hydrogen) atoms. The van der Waals surface area contributed by atoms with Crippen molar-refractivity contribution < 1.29 is 13.9 Å². The first kappa shape index (κ1) is 19.0. The van der Waals surface area contributed by atoms with E-state index >= 15 is 0 Å². The summed E-state index contributed by atoms with van der Waals surface area (Å²) >= 11 is 1.16. The zero-order chi connectivity index (χ0) is 20.5. The molecule has 1 aliphatic rings. The van der Waals surface area contributed by atoms with E-state index in [9.17, 15) is 14.0 Å². The van der Waals surface area contributed by atoms with Gasteiger partial charge in [0, 0.05) is 5.56 Å². The SMILES string of the molecule is COC(=O)C1=C(C)N=c2s/c(=C\c3ccccc3F)c(=O)n2[C@@H]1c1ccccc1. The van der Waals surface area contributed by atoms with Gasteiger partial charge in [-0.2, -0.15) is 0 Å². The summed E-state index contributed by atoms with van der Waals surface area (Å²) in [5.74, 6) is -0.951. The molecule has 0 spiro atoms. The van der Waals surface area contributed by atoms with Crippen LogP contribution in [-0.4, -0.2) is 17.6 Å². The van der Waals surface area contributed by atoms with E-state index in [2.05, 4.69) is 4.99 Å². The highest BCUT2D eigenvalue weighted by molar-refractivity contribution is 7.07. The van der Waals surface area contributed by atoms with Gasteiger partial charge in [-0.3, -0.25) is 9.36 Å². The fraction of sp³-hybridized carbons (Fsp3) is 0.136. The van der Waals surface area contributed by atoms with Crippen LogP contribution in [0.2, 0.25) is 0 Å². The Bertz CT molecular complexity index is 1310. The number of carbonyl (C=O) groups excluding carboxylic acids is 1. The lowest BCUT2D eigenvalue weighted by atomic mass is 9.96. The van der Waals surface area contributed by atoms with Gasteiger partial charge in [0.15, 0.2) is 4.80 Å². The quantitative estimate of drug-likeness (QED) is 0.626. The zero-order valence-electron chi connectivity index (χ0n) is 15.8. The van der Waals surface area contributed by atoms with Gasteiger partial charge in [-0.25, -0.2) is 14.2 Å². The van der Waals surface area contributed by atoms with Crippen LogP contribution < -0.4 is 14.9 Å². The highest BCUT2D eigenvalue weighted by Gasteiger charge is 2.32. The molecule has 0 N–H and O–H groups in total. The summed E-state index contributed by atoms with van der Waals surface area (Å²) in [6, 6.07) is 14.8. The number of hydrogen-bond donors (Lipinski definition) is 0. The molecule has 0 unspecified atom stereocenters. The Morgan fingerprint density at radius 2 is 1.86 bits per heavy atom. The first-order valence-corrected chi connectivity index (χ1v) is 9.73. The second kappa shape index (κ2) is 7.60. The number of esters is 1. The molecular weight excluding hydrogens is 391 g/mol. The summed E-state index contributed by atoms with van der Waals surface area (Å²) in [5, 5.41) is 0. The van der Waals surface area contributed by atoms with Gasteiger partial charge >= 0.3 is 5.97 Å². The minimum atomic E-state index is -0.664. The molecule has 146 valence electrons.